The van der Waals surface area contributed by atoms with Crippen molar-refractivity contribution in [3.05, 3.63) is 59.1 Å². The first-order valence-electron chi connectivity index (χ1n) is 8.00. The van der Waals surface area contributed by atoms with E-state index in [1.165, 1.54) is 0 Å². The molecule has 0 heterocycles. The maximum Gasteiger partial charge on any atom is 0.262 e. The summed E-state index contributed by atoms with van der Waals surface area (Å²) in [5.41, 5.74) is 1.04. The summed E-state index contributed by atoms with van der Waals surface area (Å²) >= 11 is 5.79. The predicted octanol–water partition coefficient (Wildman–Crippen LogP) is 3.74. The third-order valence-corrected chi connectivity index (χ3v) is 3.51. The fourth-order valence-corrected chi connectivity index (χ4v) is 2.14. The molecule has 2 rings (SSSR count). The van der Waals surface area contributed by atoms with E-state index < -0.39 is 0 Å². The molecule has 0 fully saturated rings. The van der Waals surface area contributed by atoms with Crippen molar-refractivity contribution in [2.45, 2.75) is 13.8 Å². The SMILES string of the molecule is CC(C)CNC(=O)c1cccc(NC(=O)COc2ccc(Cl)cc2)c1. The van der Waals surface area contributed by atoms with Crippen LogP contribution in [-0.4, -0.2) is 25.0 Å². The van der Waals surface area contributed by atoms with Crippen LogP contribution in [0.3, 0.4) is 0 Å². The zero-order valence-corrected chi connectivity index (χ0v) is 15.0. The molecule has 0 radical (unpaired) electrons. The first-order chi connectivity index (χ1) is 11.9. The molecule has 0 saturated heterocycles. The molecule has 0 aliphatic rings. The molecule has 0 unspecified atom stereocenters. The van der Waals surface area contributed by atoms with E-state index in [1.54, 1.807) is 48.5 Å². The van der Waals surface area contributed by atoms with Gasteiger partial charge in [0, 0.05) is 22.8 Å². The van der Waals surface area contributed by atoms with Gasteiger partial charge in [0.2, 0.25) is 0 Å². The van der Waals surface area contributed by atoms with Crippen molar-refractivity contribution in [1.29, 1.82) is 0 Å². The van der Waals surface area contributed by atoms with Crippen LogP contribution in [0.2, 0.25) is 5.02 Å². The van der Waals surface area contributed by atoms with Gasteiger partial charge in [-0.3, -0.25) is 9.59 Å². The lowest BCUT2D eigenvalue weighted by molar-refractivity contribution is -0.118. The van der Waals surface area contributed by atoms with Crippen LogP contribution in [0.5, 0.6) is 5.75 Å². The number of amides is 2. The molecule has 0 saturated carbocycles. The molecule has 0 aliphatic heterocycles. The van der Waals surface area contributed by atoms with Gasteiger partial charge in [-0.2, -0.15) is 0 Å². The van der Waals surface area contributed by atoms with Gasteiger partial charge < -0.3 is 15.4 Å². The Morgan fingerprint density at radius 2 is 1.84 bits per heavy atom. The average molecular weight is 361 g/mol. The van der Waals surface area contributed by atoms with Gasteiger partial charge in [-0.1, -0.05) is 31.5 Å². The van der Waals surface area contributed by atoms with Crippen LogP contribution in [0.15, 0.2) is 48.5 Å². The van der Waals surface area contributed by atoms with Crippen LogP contribution in [0.25, 0.3) is 0 Å². The number of anilines is 1. The van der Waals surface area contributed by atoms with Crippen LogP contribution in [0.1, 0.15) is 24.2 Å². The maximum atomic E-state index is 12.1. The predicted molar refractivity (Wildman–Crippen MR) is 99.2 cm³/mol. The van der Waals surface area contributed by atoms with Gasteiger partial charge in [0.1, 0.15) is 5.75 Å². The second-order valence-electron chi connectivity index (χ2n) is 5.98. The van der Waals surface area contributed by atoms with Crippen molar-refractivity contribution in [2.24, 2.45) is 5.92 Å². The Hall–Kier alpha value is -2.53. The summed E-state index contributed by atoms with van der Waals surface area (Å²) in [5, 5.41) is 6.16. The monoisotopic (exact) mass is 360 g/mol. The van der Waals surface area contributed by atoms with E-state index in [0.29, 0.717) is 34.5 Å². The third kappa shape index (κ3) is 6.47. The van der Waals surface area contributed by atoms with E-state index in [2.05, 4.69) is 10.6 Å². The molecule has 2 N–H and O–H groups in total. The second kappa shape index (κ2) is 9.08. The fraction of sp³-hybridized carbons (Fsp3) is 0.263. The number of carbonyl (C=O) groups is 2. The quantitative estimate of drug-likeness (QED) is 0.790. The summed E-state index contributed by atoms with van der Waals surface area (Å²) in [4.78, 5) is 24.1. The molecule has 2 aromatic carbocycles. The number of rotatable bonds is 7. The first kappa shape index (κ1) is 18.8. The fourth-order valence-electron chi connectivity index (χ4n) is 2.01. The molecule has 0 atom stereocenters. The van der Waals surface area contributed by atoms with Crippen molar-refractivity contribution < 1.29 is 14.3 Å². The molecule has 132 valence electrons. The molecular weight excluding hydrogens is 340 g/mol. The van der Waals surface area contributed by atoms with E-state index in [0.717, 1.165) is 0 Å². The molecule has 0 aromatic heterocycles. The minimum Gasteiger partial charge on any atom is -0.484 e. The average Bonchev–Trinajstić information content (AvgIpc) is 2.59. The van der Waals surface area contributed by atoms with Gasteiger partial charge in [-0.05, 0) is 48.4 Å². The normalized spacial score (nSPS) is 10.4. The summed E-state index contributed by atoms with van der Waals surface area (Å²) in [6.07, 6.45) is 0. The van der Waals surface area contributed by atoms with Crippen molar-refractivity contribution in [2.75, 3.05) is 18.5 Å². The summed E-state index contributed by atoms with van der Waals surface area (Å²) < 4.78 is 5.39. The van der Waals surface area contributed by atoms with Crippen LogP contribution in [0.4, 0.5) is 5.69 Å². The molecule has 0 aliphatic carbocycles. The topological polar surface area (TPSA) is 67.4 Å². The molecule has 0 bridgehead atoms. The van der Waals surface area contributed by atoms with E-state index >= 15 is 0 Å². The highest BCUT2D eigenvalue weighted by Crippen LogP contribution is 2.16. The lowest BCUT2D eigenvalue weighted by Gasteiger charge is -2.10. The number of hydrogen-bond acceptors (Lipinski definition) is 3. The number of carbonyl (C=O) groups excluding carboxylic acids is 2. The Bertz CT molecular complexity index is 730. The van der Waals surface area contributed by atoms with Crippen molar-refractivity contribution in [1.82, 2.24) is 5.32 Å². The highest BCUT2D eigenvalue weighted by molar-refractivity contribution is 6.30. The summed E-state index contributed by atoms with van der Waals surface area (Å²) in [6.45, 7) is 4.52. The Kier molecular flexibility index (Phi) is 6.83. The maximum absolute atomic E-state index is 12.1. The van der Waals surface area contributed by atoms with Gasteiger partial charge in [-0.15, -0.1) is 0 Å². The second-order valence-corrected chi connectivity index (χ2v) is 6.41. The number of halogens is 1. The Morgan fingerprint density at radius 3 is 2.52 bits per heavy atom. The van der Waals surface area contributed by atoms with Gasteiger partial charge in [0.25, 0.3) is 11.8 Å². The number of nitrogens with one attached hydrogen (secondary N) is 2. The lowest BCUT2D eigenvalue weighted by atomic mass is 10.1. The largest absolute Gasteiger partial charge is 0.484 e. The van der Waals surface area contributed by atoms with Crippen LogP contribution >= 0.6 is 11.6 Å². The van der Waals surface area contributed by atoms with Crippen LogP contribution < -0.4 is 15.4 Å². The smallest absolute Gasteiger partial charge is 0.262 e. The van der Waals surface area contributed by atoms with Crippen LogP contribution in [0, 0.1) is 5.92 Å². The van der Waals surface area contributed by atoms with Gasteiger partial charge in [0.15, 0.2) is 6.61 Å². The van der Waals surface area contributed by atoms with Gasteiger partial charge in [-0.25, -0.2) is 0 Å². The highest BCUT2D eigenvalue weighted by Gasteiger charge is 2.09. The molecule has 25 heavy (non-hydrogen) atoms. The summed E-state index contributed by atoms with van der Waals surface area (Å²) in [7, 11) is 0. The number of ether oxygens (including phenoxy) is 1. The van der Waals surface area contributed by atoms with Crippen LogP contribution in [-0.2, 0) is 4.79 Å². The minimum atomic E-state index is -0.310. The Labute approximate surface area is 152 Å². The first-order valence-corrected chi connectivity index (χ1v) is 8.38. The van der Waals surface area contributed by atoms with Gasteiger partial charge >= 0.3 is 0 Å². The van der Waals surface area contributed by atoms with Crippen molar-refractivity contribution in [3.8, 4) is 5.75 Å². The standard InChI is InChI=1S/C19H21ClN2O3/c1-13(2)11-21-19(24)14-4-3-5-16(10-14)22-18(23)12-25-17-8-6-15(20)7-9-17/h3-10,13H,11-12H2,1-2H3,(H,21,24)(H,22,23). The van der Waals surface area contributed by atoms with E-state index in [4.69, 9.17) is 16.3 Å². The van der Waals surface area contributed by atoms with E-state index in [-0.39, 0.29) is 18.4 Å². The minimum absolute atomic E-state index is 0.134. The van der Waals surface area contributed by atoms with E-state index in [1.807, 2.05) is 13.8 Å². The summed E-state index contributed by atoms with van der Waals surface area (Å²) in [5.74, 6) is 0.454. The highest BCUT2D eigenvalue weighted by atomic mass is 35.5. The Morgan fingerprint density at radius 1 is 1.12 bits per heavy atom. The third-order valence-electron chi connectivity index (χ3n) is 3.26. The number of hydrogen-bond donors (Lipinski definition) is 2. The number of benzene rings is 2. The zero-order chi connectivity index (χ0) is 18.2. The molecule has 5 nitrogen and oxygen atoms in total. The molecule has 2 amide bonds. The van der Waals surface area contributed by atoms with Crippen molar-refractivity contribution >= 4 is 29.1 Å². The molecular formula is C19H21ClN2O3. The van der Waals surface area contributed by atoms with E-state index in [9.17, 15) is 9.59 Å². The molecule has 2 aromatic rings. The van der Waals surface area contributed by atoms with Gasteiger partial charge in [0.05, 0.1) is 0 Å². The lowest BCUT2D eigenvalue weighted by Crippen LogP contribution is -2.27. The zero-order valence-electron chi connectivity index (χ0n) is 14.2. The molecule has 0 spiro atoms. The summed E-state index contributed by atoms with van der Waals surface area (Å²) in [6, 6.07) is 13.5. The Balaban J connectivity index is 1.88. The molecule has 6 heteroatoms. The van der Waals surface area contributed by atoms with Crippen molar-refractivity contribution in [3.63, 3.8) is 0 Å².